The van der Waals surface area contributed by atoms with Crippen molar-refractivity contribution in [2.24, 2.45) is 0 Å². The highest BCUT2D eigenvalue weighted by Gasteiger charge is 2.12. The molecule has 0 aliphatic heterocycles. The number of carboxylic acids is 1. The van der Waals surface area contributed by atoms with E-state index in [1.807, 2.05) is 13.8 Å². The lowest BCUT2D eigenvalue weighted by Gasteiger charge is -2.12. The highest BCUT2D eigenvalue weighted by Crippen LogP contribution is 2.21. The summed E-state index contributed by atoms with van der Waals surface area (Å²) in [6.07, 6.45) is 1.56. The first-order valence-corrected chi connectivity index (χ1v) is 5.39. The second-order valence-corrected chi connectivity index (χ2v) is 3.62. The predicted molar refractivity (Wildman–Crippen MR) is 61.3 cm³/mol. The normalized spacial score (nSPS) is 9.81. The van der Waals surface area contributed by atoms with Crippen molar-refractivity contribution in [3.8, 4) is 6.07 Å². The van der Waals surface area contributed by atoms with Crippen LogP contribution in [0.25, 0.3) is 0 Å². The fourth-order valence-electron chi connectivity index (χ4n) is 2.02. The molecule has 0 aliphatic rings. The van der Waals surface area contributed by atoms with Crippen LogP contribution >= 0.6 is 0 Å². The molecule has 1 aromatic carbocycles. The maximum atomic E-state index is 10.7. The van der Waals surface area contributed by atoms with Crippen LogP contribution in [0.4, 0.5) is 0 Å². The SMILES string of the molecule is CCc1c(C#N)ccc(CC(=O)O)c1CC. The minimum Gasteiger partial charge on any atom is -0.481 e. The van der Waals surface area contributed by atoms with Crippen molar-refractivity contribution in [2.75, 3.05) is 0 Å². The lowest BCUT2D eigenvalue weighted by atomic mass is 9.91. The molecule has 0 heterocycles. The highest BCUT2D eigenvalue weighted by atomic mass is 16.4. The third kappa shape index (κ3) is 2.40. The van der Waals surface area contributed by atoms with E-state index in [-0.39, 0.29) is 6.42 Å². The summed E-state index contributed by atoms with van der Waals surface area (Å²) in [5, 5.41) is 17.8. The summed E-state index contributed by atoms with van der Waals surface area (Å²) in [7, 11) is 0. The Morgan fingerprint density at radius 3 is 2.38 bits per heavy atom. The zero-order valence-electron chi connectivity index (χ0n) is 9.58. The van der Waals surface area contributed by atoms with Gasteiger partial charge in [-0.1, -0.05) is 19.9 Å². The topological polar surface area (TPSA) is 61.1 Å². The molecule has 0 bridgehead atoms. The molecule has 0 spiro atoms. The number of hydrogen-bond acceptors (Lipinski definition) is 2. The number of aliphatic carboxylic acids is 1. The number of rotatable bonds is 4. The van der Waals surface area contributed by atoms with E-state index in [0.29, 0.717) is 5.56 Å². The average Bonchev–Trinajstić information content (AvgIpc) is 2.27. The van der Waals surface area contributed by atoms with Gasteiger partial charge in [0.1, 0.15) is 0 Å². The van der Waals surface area contributed by atoms with Crippen molar-refractivity contribution >= 4 is 5.97 Å². The Morgan fingerprint density at radius 2 is 1.94 bits per heavy atom. The van der Waals surface area contributed by atoms with Crippen molar-refractivity contribution in [3.05, 3.63) is 34.4 Å². The standard InChI is InChI=1S/C13H15NO2/c1-3-11-9(7-13(15)16)5-6-10(8-14)12(11)4-2/h5-6H,3-4,7H2,1-2H3,(H,15,16). The van der Waals surface area contributed by atoms with Crippen LogP contribution in [0, 0.1) is 11.3 Å². The van der Waals surface area contributed by atoms with Crippen LogP contribution in [-0.2, 0) is 24.1 Å². The van der Waals surface area contributed by atoms with E-state index in [1.54, 1.807) is 12.1 Å². The van der Waals surface area contributed by atoms with Crippen LogP contribution in [0.15, 0.2) is 12.1 Å². The molecule has 0 aliphatic carbocycles. The molecule has 1 rings (SSSR count). The van der Waals surface area contributed by atoms with Gasteiger partial charge < -0.3 is 5.11 Å². The molecule has 1 N–H and O–H groups in total. The molecule has 0 fully saturated rings. The van der Waals surface area contributed by atoms with Crippen molar-refractivity contribution in [3.63, 3.8) is 0 Å². The van der Waals surface area contributed by atoms with E-state index < -0.39 is 5.97 Å². The first-order valence-electron chi connectivity index (χ1n) is 5.39. The summed E-state index contributed by atoms with van der Waals surface area (Å²) in [6, 6.07) is 5.63. The molecule has 3 heteroatoms. The number of nitrogens with zero attached hydrogens (tertiary/aromatic N) is 1. The van der Waals surface area contributed by atoms with Gasteiger partial charge in [0.15, 0.2) is 0 Å². The Labute approximate surface area is 95.3 Å². The first-order chi connectivity index (χ1) is 7.63. The molecule has 16 heavy (non-hydrogen) atoms. The fourth-order valence-corrected chi connectivity index (χ4v) is 2.02. The molecule has 0 amide bonds. The van der Waals surface area contributed by atoms with Gasteiger partial charge in [0, 0.05) is 0 Å². The number of hydrogen-bond donors (Lipinski definition) is 1. The zero-order chi connectivity index (χ0) is 12.1. The summed E-state index contributed by atoms with van der Waals surface area (Å²) >= 11 is 0. The monoisotopic (exact) mass is 217 g/mol. The van der Waals surface area contributed by atoms with Crippen LogP contribution < -0.4 is 0 Å². The summed E-state index contributed by atoms with van der Waals surface area (Å²) in [5.41, 5.74) is 3.49. The van der Waals surface area contributed by atoms with Crippen LogP contribution in [-0.4, -0.2) is 11.1 Å². The number of carbonyl (C=O) groups is 1. The molecule has 0 unspecified atom stereocenters. The Hall–Kier alpha value is -1.82. The van der Waals surface area contributed by atoms with Crippen molar-refractivity contribution in [1.82, 2.24) is 0 Å². The first kappa shape index (κ1) is 12.3. The molecule has 1 aromatic rings. The van der Waals surface area contributed by atoms with Crippen molar-refractivity contribution in [2.45, 2.75) is 33.1 Å². The number of carboxylic acid groups (broad SMARTS) is 1. The minimum absolute atomic E-state index is 0.0296. The van der Waals surface area contributed by atoms with Crippen LogP contribution in [0.1, 0.15) is 36.1 Å². The zero-order valence-corrected chi connectivity index (χ0v) is 9.58. The second kappa shape index (κ2) is 5.32. The third-order valence-electron chi connectivity index (χ3n) is 2.70. The third-order valence-corrected chi connectivity index (χ3v) is 2.70. The van der Waals surface area contributed by atoms with E-state index in [0.717, 1.165) is 29.5 Å². The number of nitriles is 1. The van der Waals surface area contributed by atoms with Gasteiger partial charge in [-0.25, -0.2) is 0 Å². The molecular weight excluding hydrogens is 202 g/mol. The van der Waals surface area contributed by atoms with Gasteiger partial charge in [0.2, 0.25) is 0 Å². The molecule has 0 saturated carbocycles. The summed E-state index contributed by atoms with van der Waals surface area (Å²) in [5.74, 6) is -0.832. The predicted octanol–water partition coefficient (Wildman–Crippen LogP) is 2.31. The van der Waals surface area contributed by atoms with E-state index in [4.69, 9.17) is 10.4 Å². The molecule has 0 radical (unpaired) electrons. The van der Waals surface area contributed by atoms with Crippen LogP contribution in [0.2, 0.25) is 0 Å². The molecule has 0 atom stereocenters. The maximum absolute atomic E-state index is 10.7. The van der Waals surface area contributed by atoms with Gasteiger partial charge in [0.05, 0.1) is 18.1 Å². The fraction of sp³-hybridized carbons (Fsp3) is 0.385. The van der Waals surface area contributed by atoms with Gasteiger partial charge in [-0.15, -0.1) is 0 Å². The lowest BCUT2D eigenvalue weighted by Crippen LogP contribution is -2.07. The van der Waals surface area contributed by atoms with Gasteiger partial charge in [-0.3, -0.25) is 4.79 Å². The minimum atomic E-state index is -0.832. The summed E-state index contributed by atoms with van der Waals surface area (Å²) in [4.78, 5) is 10.7. The van der Waals surface area contributed by atoms with E-state index in [2.05, 4.69) is 6.07 Å². The van der Waals surface area contributed by atoms with Crippen LogP contribution in [0.3, 0.4) is 0 Å². The van der Waals surface area contributed by atoms with E-state index >= 15 is 0 Å². The van der Waals surface area contributed by atoms with E-state index in [1.165, 1.54) is 0 Å². The Bertz CT molecular complexity index is 444. The second-order valence-electron chi connectivity index (χ2n) is 3.62. The molecular formula is C13H15NO2. The summed E-state index contributed by atoms with van der Waals surface area (Å²) in [6.45, 7) is 3.97. The van der Waals surface area contributed by atoms with Crippen LogP contribution in [0.5, 0.6) is 0 Å². The maximum Gasteiger partial charge on any atom is 0.307 e. The lowest BCUT2D eigenvalue weighted by molar-refractivity contribution is -0.136. The Balaban J connectivity index is 3.32. The Morgan fingerprint density at radius 1 is 1.31 bits per heavy atom. The largest absolute Gasteiger partial charge is 0.481 e. The smallest absolute Gasteiger partial charge is 0.307 e. The quantitative estimate of drug-likeness (QED) is 0.841. The van der Waals surface area contributed by atoms with Gasteiger partial charge in [-0.2, -0.15) is 5.26 Å². The molecule has 84 valence electrons. The van der Waals surface area contributed by atoms with Gasteiger partial charge in [0.25, 0.3) is 0 Å². The van der Waals surface area contributed by atoms with Gasteiger partial charge >= 0.3 is 5.97 Å². The summed E-state index contributed by atoms with van der Waals surface area (Å²) < 4.78 is 0. The van der Waals surface area contributed by atoms with Crippen molar-refractivity contribution in [1.29, 1.82) is 5.26 Å². The Kier molecular flexibility index (Phi) is 4.07. The van der Waals surface area contributed by atoms with E-state index in [9.17, 15) is 4.79 Å². The highest BCUT2D eigenvalue weighted by molar-refractivity contribution is 5.71. The average molecular weight is 217 g/mol. The molecule has 0 saturated heterocycles. The van der Waals surface area contributed by atoms with Gasteiger partial charge in [-0.05, 0) is 35.6 Å². The number of benzene rings is 1. The molecule has 0 aromatic heterocycles. The van der Waals surface area contributed by atoms with Crippen molar-refractivity contribution < 1.29 is 9.90 Å². The molecule has 3 nitrogen and oxygen atoms in total.